The monoisotopic (exact) mass is 344 g/mol. The Morgan fingerprint density at radius 3 is 2.48 bits per heavy atom. The summed E-state index contributed by atoms with van der Waals surface area (Å²) in [6, 6.07) is 3.22. The maximum absolute atomic E-state index is 12.4. The van der Waals surface area contributed by atoms with Gasteiger partial charge in [-0.3, -0.25) is 19.4 Å². The van der Waals surface area contributed by atoms with Gasteiger partial charge in [0, 0.05) is 49.6 Å². The van der Waals surface area contributed by atoms with Crippen LogP contribution in [-0.4, -0.2) is 59.2 Å². The van der Waals surface area contributed by atoms with Gasteiger partial charge in [0.15, 0.2) is 0 Å². The highest BCUT2D eigenvalue weighted by Crippen LogP contribution is 2.17. The van der Waals surface area contributed by atoms with Crippen molar-refractivity contribution in [1.82, 2.24) is 20.5 Å². The van der Waals surface area contributed by atoms with Crippen molar-refractivity contribution in [3.63, 3.8) is 0 Å². The van der Waals surface area contributed by atoms with Crippen molar-refractivity contribution >= 4 is 17.6 Å². The minimum Gasteiger partial charge on any atom is -0.352 e. The van der Waals surface area contributed by atoms with Crippen molar-refractivity contribution in [3.05, 3.63) is 30.1 Å². The largest absolute Gasteiger partial charge is 0.352 e. The molecule has 2 N–H and O–H groups in total. The molecule has 2 aliphatic rings. The summed E-state index contributed by atoms with van der Waals surface area (Å²) in [4.78, 5) is 41.9. The SMILES string of the molecule is CC(=O)C1CNC(C(=O)NC2CCN(C(=O)c3ccncc3)CC2)C1. The molecule has 2 unspecified atom stereocenters. The lowest BCUT2D eigenvalue weighted by Crippen LogP contribution is -2.50. The summed E-state index contributed by atoms with van der Waals surface area (Å²) >= 11 is 0. The van der Waals surface area contributed by atoms with E-state index in [-0.39, 0.29) is 35.6 Å². The highest BCUT2D eigenvalue weighted by molar-refractivity contribution is 5.94. The normalized spacial score (nSPS) is 24.1. The zero-order valence-corrected chi connectivity index (χ0v) is 14.4. The summed E-state index contributed by atoms with van der Waals surface area (Å²) in [5, 5.41) is 6.18. The van der Waals surface area contributed by atoms with E-state index in [4.69, 9.17) is 0 Å². The predicted molar refractivity (Wildman–Crippen MR) is 91.9 cm³/mol. The van der Waals surface area contributed by atoms with Crippen LogP contribution in [0, 0.1) is 5.92 Å². The topological polar surface area (TPSA) is 91.4 Å². The first-order chi connectivity index (χ1) is 12.0. The Morgan fingerprint density at radius 1 is 1.20 bits per heavy atom. The van der Waals surface area contributed by atoms with E-state index in [2.05, 4.69) is 15.6 Å². The first kappa shape index (κ1) is 17.5. The number of amides is 2. The second-order valence-corrected chi connectivity index (χ2v) is 6.82. The zero-order chi connectivity index (χ0) is 17.8. The standard InChI is InChI=1S/C18H24N4O3/c1-12(23)14-10-16(20-11-14)17(24)21-15-4-8-22(9-5-15)18(25)13-2-6-19-7-3-13/h2-3,6-7,14-16,20H,4-5,8-11H2,1H3,(H,21,24). The Labute approximate surface area is 147 Å². The van der Waals surface area contributed by atoms with E-state index in [0.29, 0.717) is 31.6 Å². The van der Waals surface area contributed by atoms with E-state index in [9.17, 15) is 14.4 Å². The number of Topliss-reactive ketones (excluding diaryl/α,β-unsaturated/α-hetero) is 1. The second-order valence-electron chi connectivity index (χ2n) is 6.82. The lowest BCUT2D eigenvalue weighted by atomic mass is 10.00. The molecule has 0 bridgehead atoms. The van der Waals surface area contributed by atoms with Crippen LogP contribution in [-0.2, 0) is 9.59 Å². The van der Waals surface area contributed by atoms with E-state index in [1.165, 1.54) is 0 Å². The number of piperidine rings is 1. The van der Waals surface area contributed by atoms with Crippen LogP contribution >= 0.6 is 0 Å². The third-order valence-electron chi connectivity index (χ3n) is 5.08. The number of ketones is 1. The summed E-state index contributed by atoms with van der Waals surface area (Å²) in [6.45, 7) is 3.40. The quantitative estimate of drug-likeness (QED) is 0.823. The fourth-order valence-corrected chi connectivity index (χ4v) is 3.45. The van der Waals surface area contributed by atoms with Gasteiger partial charge >= 0.3 is 0 Å². The fraction of sp³-hybridized carbons (Fsp3) is 0.556. The Kier molecular flexibility index (Phi) is 5.43. The summed E-state index contributed by atoms with van der Waals surface area (Å²) in [5.74, 6) is 0.0397. The van der Waals surface area contributed by atoms with Crippen LogP contribution in [0.25, 0.3) is 0 Å². The van der Waals surface area contributed by atoms with Gasteiger partial charge in [-0.2, -0.15) is 0 Å². The smallest absolute Gasteiger partial charge is 0.253 e. The third kappa shape index (κ3) is 4.22. The van der Waals surface area contributed by atoms with Crippen molar-refractivity contribution in [3.8, 4) is 0 Å². The molecular formula is C18H24N4O3. The van der Waals surface area contributed by atoms with Gasteiger partial charge in [-0.25, -0.2) is 0 Å². The van der Waals surface area contributed by atoms with E-state index in [1.807, 2.05) is 4.90 Å². The highest BCUT2D eigenvalue weighted by atomic mass is 16.2. The number of pyridine rings is 1. The van der Waals surface area contributed by atoms with Crippen LogP contribution in [0.4, 0.5) is 0 Å². The summed E-state index contributed by atoms with van der Waals surface area (Å²) in [7, 11) is 0. The molecule has 0 aromatic carbocycles. The molecule has 2 saturated heterocycles. The van der Waals surface area contributed by atoms with E-state index in [0.717, 1.165) is 12.8 Å². The maximum atomic E-state index is 12.4. The van der Waals surface area contributed by atoms with E-state index < -0.39 is 0 Å². The number of rotatable bonds is 4. The third-order valence-corrected chi connectivity index (χ3v) is 5.08. The van der Waals surface area contributed by atoms with Crippen LogP contribution in [0.1, 0.15) is 36.5 Å². The molecule has 7 nitrogen and oxygen atoms in total. The molecule has 2 fully saturated rings. The average molecular weight is 344 g/mol. The number of hydrogen-bond acceptors (Lipinski definition) is 5. The Bertz CT molecular complexity index is 641. The second kappa shape index (κ2) is 7.74. The molecule has 0 aliphatic carbocycles. The fourth-order valence-electron chi connectivity index (χ4n) is 3.45. The summed E-state index contributed by atoms with van der Waals surface area (Å²) < 4.78 is 0. The van der Waals surface area contributed by atoms with Crippen LogP contribution < -0.4 is 10.6 Å². The van der Waals surface area contributed by atoms with Crippen molar-refractivity contribution < 1.29 is 14.4 Å². The molecule has 3 heterocycles. The number of nitrogens with zero attached hydrogens (tertiary/aromatic N) is 2. The first-order valence-electron chi connectivity index (χ1n) is 8.78. The minimum absolute atomic E-state index is 0.00827. The molecule has 134 valence electrons. The minimum atomic E-state index is -0.287. The van der Waals surface area contributed by atoms with Crippen LogP contribution in [0.3, 0.4) is 0 Å². The summed E-state index contributed by atoms with van der Waals surface area (Å²) in [6.07, 6.45) is 5.28. The maximum Gasteiger partial charge on any atom is 0.253 e. The molecule has 2 aliphatic heterocycles. The van der Waals surface area contributed by atoms with Gasteiger partial charge in [0.25, 0.3) is 5.91 Å². The van der Waals surface area contributed by atoms with Crippen LogP contribution in [0.5, 0.6) is 0 Å². The number of aromatic nitrogens is 1. The Morgan fingerprint density at radius 2 is 1.88 bits per heavy atom. The predicted octanol–water partition coefficient (Wildman–Crippen LogP) is 0.370. The molecule has 2 amide bonds. The number of hydrogen-bond donors (Lipinski definition) is 2. The molecule has 0 saturated carbocycles. The molecule has 1 aromatic heterocycles. The van der Waals surface area contributed by atoms with E-state index in [1.54, 1.807) is 31.5 Å². The lowest BCUT2D eigenvalue weighted by Gasteiger charge is -2.33. The van der Waals surface area contributed by atoms with Crippen LogP contribution in [0.2, 0.25) is 0 Å². The van der Waals surface area contributed by atoms with Gasteiger partial charge in [0.05, 0.1) is 6.04 Å². The number of likely N-dealkylation sites (tertiary alicyclic amines) is 1. The highest BCUT2D eigenvalue weighted by Gasteiger charge is 2.33. The van der Waals surface area contributed by atoms with Gasteiger partial charge in [0.2, 0.25) is 5.91 Å². The zero-order valence-electron chi connectivity index (χ0n) is 14.4. The van der Waals surface area contributed by atoms with Crippen molar-refractivity contribution in [2.75, 3.05) is 19.6 Å². The Balaban J connectivity index is 1.46. The Hall–Kier alpha value is -2.28. The van der Waals surface area contributed by atoms with Gasteiger partial charge < -0.3 is 15.5 Å². The van der Waals surface area contributed by atoms with Crippen LogP contribution in [0.15, 0.2) is 24.5 Å². The van der Waals surface area contributed by atoms with Gasteiger partial charge in [-0.15, -0.1) is 0 Å². The number of carbonyl (C=O) groups is 3. The molecule has 3 rings (SSSR count). The molecule has 2 atom stereocenters. The molecule has 1 aromatic rings. The van der Waals surface area contributed by atoms with Gasteiger partial charge in [0.1, 0.15) is 5.78 Å². The lowest BCUT2D eigenvalue weighted by molar-refractivity contribution is -0.123. The first-order valence-corrected chi connectivity index (χ1v) is 8.78. The molecule has 7 heteroatoms. The van der Waals surface area contributed by atoms with E-state index >= 15 is 0 Å². The van der Waals surface area contributed by atoms with Crippen molar-refractivity contribution in [2.45, 2.75) is 38.3 Å². The number of carbonyl (C=O) groups excluding carboxylic acids is 3. The van der Waals surface area contributed by atoms with Gasteiger partial charge in [-0.05, 0) is 38.3 Å². The molecular weight excluding hydrogens is 320 g/mol. The van der Waals surface area contributed by atoms with Crippen molar-refractivity contribution in [1.29, 1.82) is 0 Å². The average Bonchev–Trinajstić information content (AvgIpc) is 3.13. The molecule has 25 heavy (non-hydrogen) atoms. The van der Waals surface area contributed by atoms with Crippen molar-refractivity contribution in [2.24, 2.45) is 5.92 Å². The molecule has 0 radical (unpaired) electrons. The number of nitrogens with one attached hydrogen (secondary N) is 2. The summed E-state index contributed by atoms with van der Waals surface area (Å²) in [5.41, 5.74) is 0.642. The molecule has 0 spiro atoms. The van der Waals surface area contributed by atoms with Gasteiger partial charge in [-0.1, -0.05) is 0 Å².